The maximum Gasteiger partial charge on any atom is 0.0213 e. The molecule has 2 aliphatic carbocycles. The van der Waals surface area contributed by atoms with Gasteiger partial charge in [0.2, 0.25) is 0 Å². The molecule has 4 rings (SSSR count). The van der Waals surface area contributed by atoms with E-state index in [2.05, 4.69) is 22.0 Å². The zero-order valence-corrected chi connectivity index (χ0v) is 11.6. The lowest BCUT2D eigenvalue weighted by atomic mass is 10.1. The maximum absolute atomic E-state index is 3.95. The Morgan fingerprint density at radius 1 is 0.889 bits per heavy atom. The van der Waals surface area contributed by atoms with Gasteiger partial charge in [-0.3, -0.25) is 9.80 Å². The molecule has 3 atom stereocenters. The lowest BCUT2D eigenvalue weighted by molar-refractivity contribution is 0.253. The number of likely N-dealkylation sites (tertiary alicyclic amines) is 2. The fraction of sp³-hybridized carbons (Fsp3) is 1.00. The van der Waals surface area contributed by atoms with E-state index in [0.29, 0.717) is 0 Å². The molecular formula is C15H27N3. The Morgan fingerprint density at radius 2 is 1.67 bits per heavy atom. The van der Waals surface area contributed by atoms with E-state index in [1.165, 1.54) is 58.2 Å². The highest BCUT2D eigenvalue weighted by atomic mass is 15.3. The third-order valence-corrected chi connectivity index (χ3v) is 5.39. The molecule has 3 nitrogen and oxygen atoms in total. The van der Waals surface area contributed by atoms with E-state index in [1.807, 2.05) is 0 Å². The van der Waals surface area contributed by atoms with Crippen LogP contribution >= 0.6 is 0 Å². The van der Waals surface area contributed by atoms with Crippen LogP contribution in [0, 0.1) is 0 Å². The Labute approximate surface area is 111 Å². The van der Waals surface area contributed by atoms with Crippen molar-refractivity contribution in [3.05, 3.63) is 0 Å². The molecule has 0 spiro atoms. The molecule has 3 unspecified atom stereocenters. The normalized spacial score (nSPS) is 42.8. The first-order chi connectivity index (χ1) is 8.79. The fourth-order valence-corrected chi connectivity index (χ4v) is 4.12. The Bertz CT molecular complexity index is 311. The van der Waals surface area contributed by atoms with Gasteiger partial charge >= 0.3 is 0 Å². The molecule has 1 N–H and O–H groups in total. The molecule has 0 bridgehead atoms. The van der Waals surface area contributed by atoms with Crippen LogP contribution in [0.25, 0.3) is 0 Å². The molecule has 3 heteroatoms. The molecule has 2 saturated carbocycles. The molecular weight excluding hydrogens is 222 g/mol. The van der Waals surface area contributed by atoms with Crippen LogP contribution in [0.2, 0.25) is 0 Å². The van der Waals surface area contributed by atoms with E-state index >= 15 is 0 Å². The second kappa shape index (κ2) is 4.46. The van der Waals surface area contributed by atoms with Crippen LogP contribution in [-0.4, -0.2) is 59.6 Å². The van der Waals surface area contributed by atoms with Crippen molar-refractivity contribution in [1.82, 2.24) is 15.1 Å². The van der Waals surface area contributed by atoms with Crippen LogP contribution in [0.5, 0.6) is 0 Å². The Morgan fingerprint density at radius 3 is 2.39 bits per heavy atom. The summed E-state index contributed by atoms with van der Waals surface area (Å²) in [6.07, 6.45) is 8.58. The van der Waals surface area contributed by atoms with Gasteiger partial charge in [-0.1, -0.05) is 0 Å². The Balaban J connectivity index is 1.27. The fourth-order valence-electron chi connectivity index (χ4n) is 4.12. The van der Waals surface area contributed by atoms with Crippen LogP contribution < -0.4 is 5.32 Å². The molecule has 0 amide bonds. The summed E-state index contributed by atoms with van der Waals surface area (Å²) in [4.78, 5) is 5.47. The molecule has 0 aromatic heterocycles. The van der Waals surface area contributed by atoms with Crippen molar-refractivity contribution < 1.29 is 0 Å². The molecule has 2 saturated heterocycles. The van der Waals surface area contributed by atoms with E-state index in [9.17, 15) is 0 Å². The van der Waals surface area contributed by atoms with Crippen molar-refractivity contribution in [2.75, 3.05) is 19.6 Å². The average molecular weight is 249 g/mol. The van der Waals surface area contributed by atoms with Gasteiger partial charge in [0.25, 0.3) is 0 Å². The van der Waals surface area contributed by atoms with Crippen LogP contribution in [-0.2, 0) is 0 Å². The molecule has 4 fully saturated rings. The molecule has 18 heavy (non-hydrogen) atoms. The minimum Gasteiger partial charge on any atom is -0.309 e. The van der Waals surface area contributed by atoms with E-state index < -0.39 is 0 Å². The zero-order chi connectivity index (χ0) is 12.1. The maximum atomic E-state index is 3.95. The summed E-state index contributed by atoms with van der Waals surface area (Å²) in [6, 6.07) is 4.27. The molecule has 0 radical (unpaired) electrons. The summed E-state index contributed by atoms with van der Waals surface area (Å²) in [6.45, 7) is 6.40. The first-order valence-electron chi connectivity index (χ1n) is 8.05. The van der Waals surface area contributed by atoms with Gasteiger partial charge in [-0.2, -0.15) is 0 Å². The summed E-state index contributed by atoms with van der Waals surface area (Å²) in [5.41, 5.74) is 0. The summed E-state index contributed by atoms with van der Waals surface area (Å²) in [5, 5.41) is 3.95. The minimum absolute atomic E-state index is 0.768. The lowest BCUT2D eigenvalue weighted by Gasteiger charge is -2.21. The van der Waals surface area contributed by atoms with E-state index in [4.69, 9.17) is 0 Å². The van der Waals surface area contributed by atoms with Gasteiger partial charge in [-0.25, -0.2) is 0 Å². The largest absolute Gasteiger partial charge is 0.309 e. The Kier molecular flexibility index (Phi) is 2.90. The molecule has 2 aliphatic heterocycles. The highest BCUT2D eigenvalue weighted by Crippen LogP contribution is 2.34. The predicted molar refractivity (Wildman–Crippen MR) is 73.7 cm³/mol. The van der Waals surface area contributed by atoms with Crippen molar-refractivity contribution in [2.24, 2.45) is 0 Å². The van der Waals surface area contributed by atoms with E-state index in [1.54, 1.807) is 0 Å². The third-order valence-electron chi connectivity index (χ3n) is 5.39. The third kappa shape index (κ3) is 2.33. The number of nitrogens with one attached hydrogen (secondary N) is 1. The molecule has 4 aliphatic rings. The summed E-state index contributed by atoms with van der Waals surface area (Å²) < 4.78 is 0. The van der Waals surface area contributed by atoms with Gasteiger partial charge in [0.1, 0.15) is 0 Å². The van der Waals surface area contributed by atoms with Gasteiger partial charge in [-0.05, 0) is 45.4 Å². The van der Waals surface area contributed by atoms with Crippen molar-refractivity contribution in [2.45, 2.75) is 75.7 Å². The van der Waals surface area contributed by atoms with Crippen molar-refractivity contribution in [3.63, 3.8) is 0 Å². The SMILES string of the molecule is CC1CC(NC2CCN(C3CC3)C2)CN1C1CC1. The van der Waals surface area contributed by atoms with Crippen LogP contribution in [0.1, 0.15) is 45.4 Å². The Hall–Kier alpha value is -0.120. The van der Waals surface area contributed by atoms with E-state index in [-0.39, 0.29) is 0 Å². The summed E-state index contributed by atoms with van der Waals surface area (Å²) in [7, 11) is 0. The number of hydrogen-bond donors (Lipinski definition) is 1. The quantitative estimate of drug-likeness (QED) is 0.813. The molecule has 0 aromatic rings. The van der Waals surface area contributed by atoms with Crippen molar-refractivity contribution >= 4 is 0 Å². The van der Waals surface area contributed by atoms with E-state index in [0.717, 1.165) is 30.2 Å². The standard InChI is InChI=1S/C15H27N3/c1-11-8-13(10-18(11)15-4-5-15)16-12-6-7-17(9-12)14-2-3-14/h11-16H,2-10H2,1H3. The molecule has 0 aromatic carbocycles. The average Bonchev–Trinajstić information content (AvgIpc) is 3.27. The second-order valence-corrected chi connectivity index (χ2v) is 7.09. The predicted octanol–water partition coefficient (Wildman–Crippen LogP) is 1.44. The van der Waals surface area contributed by atoms with Crippen molar-refractivity contribution in [3.8, 4) is 0 Å². The van der Waals surface area contributed by atoms with Gasteiger partial charge in [-0.15, -0.1) is 0 Å². The highest BCUT2D eigenvalue weighted by molar-refractivity contribution is 4.98. The number of nitrogens with zero attached hydrogens (tertiary/aromatic N) is 2. The number of rotatable bonds is 4. The summed E-state index contributed by atoms with van der Waals surface area (Å²) in [5.74, 6) is 0. The van der Waals surface area contributed by atoms with Gasteiger partial charge in [0, 0.05) is 49.8 Å². The molecule has 102 valence electrons. The van der Waals surface area contributed by atoms with Gasteiger partial charge in [0.05, 0.1) is 0 Å². The molecule has 2 heterocycles. The first-order valence-corrected chi connectivity index (χ1v) is 8.05. The van der Waals surface area contributed by atoms with Crippen LogP contribution in [0.4, 0.5) is 0 Å². The number of hydrogen-bond acceptors (Lipinski definition) is 3. The highest BCUT2D eigenvalue weighted by Gasteiger charge is 2.40. The topological polar surface area (TPSA) is 18.5 Å². The van der Waals surface area contributed by atoms with Gasteiger partial charge < -0.3 is 5.32 Å². The zero-order valence-electron chi connectivity index (χ0n) is 11.6. The lowest BCUT2D eigenvalue weighted by Crippen LogP contribution is -2.42. The first kappa shape index (κ1) is 11.7. The van der Waals surface area contributed by atoms with Gasteiger partial charge in [0.15, 0.2) is 0 Å². The summed E-state index contributed by atoms with van der Waals surface area (Å²) >= 11 is 0. The van der Waals surface area contributed by atoms with Crippen LogP contribution in [0.3, 0.4) is 0 Å². The monoisotopic (exact) mass is 249 g/mol. The van der Waals surface area contributed by atoms with Crippen LogP contribution in [0.15, 0.2) is 0 Å². The minimum atomic E-state index is 0.768. The smallest absolute Gasteiger partial charge is 0.0213 e. The van der Waals surface area contributed by atoms with Crippen molar-refractivity contribution in [1.29, 1.82) is 0 Å². The second-order valence-electron chi connectivity index (χ2n) is 7.09.